The predicted molar refractivity (Wildman–Crippen MR) is 114 cm³/mol. The average Bonchev–Trinajstić information content (AvgIpc) is 2.78. The number of aromatic nitrogens is 1. The Kier molecular flexibility index (Phi) is 7.00. The lowest BCUT2D eigenvalue weighted by atomic mass is 10.1. The molecule has 1 heterocycles. The van der Waals surface area contributed by atoms with Gasteiger partial charge in [0, 0.05) is 18.9 Å². The topological polar surface area (TPSA) is 89.5 Å². The lowest BCUT2D eigenvalue weighted by Crippen LogP contribution is -2.25. The first-order valence-electron chi connectivity index (χ1n) is 9.37. The second-order valence-corrected chi connectivity index (χ2v) is 6.50. The lowest BCUT2D eigenvalue weighted by molar-refractivity contribution is -0.115. The highest BCUT2D eigenvalue weighted by Crippen LogP contribution is 2.28. The number of para-hydroxylation sites is 1. The highest BCUT2D eigenvalue weighted by molar-refractivity contribution is 6.04. The van der Waals surface area contributed by atoms with Crippen molar-refractivity contribution in [2.45, 2.75) is 13.0 Å². The highest BCUT2D eigenvalue weighted by Gasteiger charge is 2.14. The van der Waals surface area contributed by atoms with Crippen LogP contribution in [0.15, 0.2) is 67.0 Å². The molecule has 0 saturated carbocycles. The van der Waals surface area contributed by atoms with Crippen LogP contribution in [0.4, 0.5) is 5.69 Å². The molecule has 154 valence electrons. The fourth-order valence-corrected chi connectivity index (χ4v) is 2.94. The van der Waals surface area contributed by atoms with E-state index in [0.717, 1.165) is 11.1 Å². The summed E-state index contributed by atoms with van der Waals surface area (Å²) < 4.78 is 10.5. The van der Waals surface area contributed by atoms with Gasteiger partial charge < -0.3 is 20.1 Å². The van der Waals surface area contributed by atoms with Crippen LogP contribution in [0.25, 0.3) is 0 Å². The van der Waals surface area contributed by atoms with E-state index in [2.05, 4.69) is 15.6 Å². The molecule has 0 radical (unpaired) electrons. The summed E-state index contributed by atoms with van der Waals surface area (Å²) in [6.07, 6.45) is 3.50. The summed E-state index contributed by atoms with van der Waals surface area (Å²) in [4.78, 5) is 29.2. The van der Waals surface area contributed by atoms with Crippen LogP contribution in [0, 0.1) is 0 Å². The van der Waals surface area contributed by atoms with E-state index in [9.17, 15) is 9.59 Å². The van der Waals surface area contributed by atoms with Gasteiger partial charge in [0.2, 0.25) is 5.91 Å². The smallest absolute Gasteiger partial charge is 0.253 e. The quantitative estimate of drug-likeness (QED) is 0.601. The zero-order valence-electron chi connectivity index (χ0n) is 16.8. The molecule has 7 nitrogen and oxygen atoms in total. The maximum Gasteiger partial charge on any atom is 0.253 e. The minimum absolute atomic E-state index is 0.131. The van der Waals surface area contributed by atoms with Gasteiger partial charge in [-0.15, -0.1) is 0 Å². The van der Waals surface area contributed by atoms with Gasteiger partial charge in [0.05, 0.1) is 31.9 Å². The van der Waals surface area contributed by atoms with E-state index in [1.807, 2.05) is 12.1 Å². The molecule has 30 heavy (non-hydrogen) atoms. The second kappa shape index (κ2) is 10.1. The van der Waals surface area contributed by atoms with Crippen molar-refractivity contribution in [2.24, 2.45) is 0 Å². The van der Waals surface area contributed by atoms with Crippen molar-refractivity contribution in [3.63, 3.8) is 0 Å². The van der Waals surface area contributed by atoms with Crippen LogP contribution in [0.1, 0.15) is 21.5 Å². The minimum atomic E-state index is -0.277. The Balaban J connectivity index is 1.66. The van der Waals surface area contributed by atoms with E-state index in [-0.39, 0.29) is 18.2 Å². The molecule has 3 aromatic rings. The minimum Gasteiger partial charge on any atom is -0.493 e. The molecule has 0 atom stereocenters. The highest BCUT2D eigenvalue weighted by atomic mass is 16.5. The summed E-state index contributed by atoms with van der Waals surface area (Å²) >= 11 is 0. The Morgan fingerprint density at radius 1 is 0.933 bits per heavy atom. The number of nitrogens with zero attached hydrogens (tertiary/aromatic N) is 1. The number of amides is 2. The Bertz CT molecular complexity index is 1020. The normalized spacial score (nSPS) is 10.2. The third-order valence-corrected chi connectivity index (χ3v) is 4.43. The number of carbonyl (C=O) groups is 2. The van der Waals surface area contributed by atoms with Crippen molar-refractivity contribution in [1.82, 2.24) is 10.3 Å². The first kappa shape index (κ1) is 20.9. The molecule has 2 aromatic carbocycles. The lowest BCUT2D eigenvalue weighted by Gasteiger charge is -2.12. The molecule has 0 fully saturated rings. The maximum absolute atomic E-state index is 12.6. The van der Waals surface area contributed by atoms with Gasteiger partial charge in [-0.2, -0.15) is 0 Å². The zero-order chi connectivity index (χ0) is 21.3. The number of benzene rings is 2. The van der Waals surface area contributed by atoms with Crippen molar-refractivity contribution in [3.05, 3.63) is 83.7 Å². The first-order chi connectivity index (χ1) is 14.6. The van der Waals surface area contributed by atoms with Crippen molar-refractivity contribution >= 4 is 17.5 Å². The largest absolute Gasteiger partial charge is 0.493 e. The standard InChI is InChI=1S/C23H23N3O4/c1-29-20-10-9-16(12-21(20)30-2)13-22(27)26-19-8-4-3-7-18(19)23(28)25-15-17-6-5-11-24-14-17/h3-12,14H,13,15H2,1-2H3,(H,25,28)(H,26,27). The van der Waals surface area contributed by atoms with E-state index in [0.29, 0.717) is 29.3 Å². The molecular formula is C23H23N3O4. The summed E-state index contributed by atoms with van der Waals surface area (Å²) in [6, 6.07) is 15.9. The van der Waals surface area contributed by atoms with Crippen molar-refractivity contribution in [2.75, 3.05) is 19.5 Å². The van der Waals surface area contributed by atoms with Gasteiger partial charge in [-0.05, 0) is 41.5 Å². The number of ether oxygens (including phenoxy) is 2. The molecule has 2 amide bonds. The van der Waals surface area contributed by atoms with Crippen molar-refractivity contribution < 1.29 is 19.1 Å². The molecule has 0 unspecified atom stereocenters. The number of carbonyl (C=O) groups excluding carboxylic acids is 2. The Morgan fingerprint density at radius 2 is 1.73 bits per heavy atom. The Morgan fingerprint density at radius 3 is 2.47 bits per heavy atom. The van der Waals surface area contributed by atoms with E-state index in [1.165, 1.54) is 0 Å². The monoisotopic (exact) mass is 405 g/mol. The molecule has 7 heteroatoms. The molecule has 3 rings (SSSR count). The second-order valence-electron chi connectivity index (χ2n) is 6.50. The van der Waals surface area contributed by atoms with Crippen LogP contribution in [-0.2, 0) is 17.8 Å². The Labute approximate surface area is 175 Å². The van der Waals surface area contributed by atoms with E-state index in [1.54, 1.807) is 69.1 Å². The van der Waals surface area contributed by atoms with Gasteiger partial charge in [0.15, 0.2) is 11.5 Å². The molecule has 0 aliphatic rings. The number of rotatable bonds is 8. The van der Waals surface area contributed by atoms with Gasteiger partial charge in [-0.3, -0.25) is 14.6 Å². The maximum atomic E-state index is 12.6. The van der Waals surface area contributed by atoms with E-state index in [4.69, 9.17) is 9.47 Å². The summed E-state index contributed by atoms with van der Waals surface area (Å²) in [6.45, 7) is 0.348. The molecule has 2 N–H and O–H groups in total. The molecule has 0 aliphatic carbocycles. The average molecular weight is 405 g/mol. The van der Waals surface area contributed by atoms with Crippen LogP contribution >= 0.6 is 0 Å². The summed E-state index contributed by atoms with van der Waals surface area (Å²) in [7, 11) is 3.10. The van der Waals surface area contributed by atoms with Gasteiger partial charge in [0.1, 0.15) is 0 Å². The molecule has 0 saturated heterocycles. The van der Waals surface area contributed by atoms with Gasteiger partial charge in [-0.1, -0.05) is 24.3 Å². The number of anilines is 1. The number of hydrogen-bond donors (Lipinski definition) is 2. The van der Waals surface area contributed by atoms with Crippen molar-refractivity contribution in [3.8, 4) is 11.5 Å². The fourth-order valence-electron chi connectivity index (χ4n) is 2.94. The Hall–Kier alpha value is -3.87. The SMILES string of the molecule is COc1ccc(CC(=O)Nc2ccccc2C(=O)NCc2cccnc2)cc1OC. The summed E-state index contributed by atoms with van der Waals surface area (Å²) in [5, 5.41) is 5.67. The number of methoxy groups -OCH3 is 2. The molecule has 0 aliphatic heterocycles. The number of nitrogens with one attached hydrogen (secondary N) is 2. The number of hydrogen-bond acceptors (Lipinski definition) is 5. The third-order valence-electron chi connectivity index (χ3n) is 4.43. The van der Waals surface area contributed by atoms with Crippen LogP contribution in [0.5, 0.6) is 11.5 Å². The summed E-state index contributed by atoms with van der Waals surface area (Å²) in [5.74, 6) is 0.630. The van der Waals surface area contributed by atoms with Gasteiger partial charge >= 0.3 is 0 Å². The van der Waals surface area contributed by atoms with E-state index >= 15 is 0 Å². The van der Waals surface area contributed by atoms with Crippen LogP contribution in [0.2, 0.25) is 0 Å². The molecule has 0 spiro atoms. The van der Waals surface area contributed by atoms with Crippen LogP contribution in [-0.4, -0.2) is 31.0 Å². The zero-order valence-corrected chi connectivity index (χ0v) is 16.8. The van der Waals surface area contributed by atoms with Crippen LogP contribution in [0.3, 0.4) is 0 Å². The first-order valence-corrected chi connectivity index (χ1v) is 9.37. The van der Waals surface area contributed by atoms with Gasteiger partial charge in [-0.25, -0.2) is 0 Å². The number of pyridine rings is 1. The van der Waals surface area contributed by atoms with Crippen LogP contribution < -0.4 is 20.1 Å². The molecule has 0 bridgehead atoms. The summed E-state index contributed by atoms with van der Waals surface area (Å²) in [5.41, 5.74) is 2.50. The fraction of sp³-hybridized carbons (Fsp3) is 0.174. The molecule has 1 aromatic heterocycles. The van der Waals surface area contributed by atoms with Crippen molar-refractivity contribution in [1.29, 1.82) is 0 Å². The van der Waals surface area contributed by atoms with Gasteiger partial charge in [0.25, 0.3) is 5.91 Å². The predicted octanol–water partition coefficient (Wildman–Crippen LogP) is 3.21. The van der Waals surface area contributed by atoms with E-state index < -0.39 is 0 Å². The molecular weight excluding hydrogens is 382 g/mol. The third kappa shape index (κ3) is 5.35.